The molecule has 0 saturated heterocycles. The van der Waals surface area contributed by atoms with E-state index in [0.29, 0.717) is 17.7 Å². The van der Waals surface area contributed by atoms with Gasteiger partial charge in [0.25, 0.3) is 0 Å². The molecule has 33 heavy (non-hydrogen) atoms. The summed E-state index contributed by atoms with van der Waals surface area (Å²) in [6.07, 6.45) is 6.09. The van der Waals surface area contributed by atoms with E-state index in [-0.39, 0.29) is 0 Å². The quantitative estimate of drug-likeness (QED) is 0.280. The van der Waals surface area contributed by atoms with Gasteiger partial charge in [0.2, 0.25) is 11.8 Å². The predicted octanol–water partition coefficient (Wildman–Crippen LogP) is 1.86. The normalized spacial score (nSPS) is 12.5. The molecule has 1 aromatic rings. The summed E-state index contributed by atoms with van der Waals surface area (Å²) < 4.78 is 5.15. The van der Waals surface area contributed by atoms with Gasteiger partial charge in [-0.05, 0) is 44.9 Å². The maximum atomic E-state index is 13.3. The average molecular weight is 457 g/mol. The number of amides is 3. The second-order valence-electron chi connectivity index (χ2n) is 8.32. The standard InChI is InChI=1S/C24H32N4O5/c1-6-8-14-26-21(30)20(18-11-9-17(7-2)10-12-18)28(15-13-25)22(31)19(16-29)27-23(32)33-24(3,4)5/h2,9-12,19-20,29H,6,8,14-16H2,1,3-5H3,(H,26,30)(H,27,32). The Bertz CT molecular complexity index is 893. The highest BCUT2D eigenvalue weighted by Gasteiger charge is 2.36. The highest BCUT2D eigenvalue weighted by atomic mass is 16.6. The molecule has 0 bridgehead atoms. The Morgan fingerprint density at radius 3 is 2.36 bits per heavy atom. The van der Waals surface area contributed by atoms with Crippen LogP contribution in [-0.4, -0.2) is 59.3 Å². The lowest BCUT2D eigenvalue weighted by Gasteiger charge is -2.32. The molecule has 0 radical (unpaired) electrons. The van der Waals surface area contributed by atoms with Crippen LogP contribution in [0.4, 0.5) is 4.79 Å². The Hall–Kier alpha value is -3.56. The van der Waals surface area contributed by atoms with E-state index < -0.39 is 48.7 Å². The highest BCUT2D eigenvalue weighted by molar-refractivity contribution is 5.92. The molecule has 2 unspecified atom stereocenters. The highest BCUT2D eigenvalue weighted by Crippen LogP contribution is 2.23. The van der Waals surface area contributed by atoms with Gasteiger partial charge in [-0.2, -0.15) is 5.26 Å². The summed E-state index contributed by atoms with van der Waals surface area (Å²) in [6, 6.07) is 5.75. The number of unbranched alkanes of at least 4 members (excludes halogenated alkanes) is 1. The summed E-state index contributed by atoms with van der Waals surface area (Å²) in [5, 5.41) is 24.2. The van der Waals surface area contributed by atoms with Crippen molar-refractivity contribution < 1.29 is 24.2 Å². The smallest absolute Gasteiger partial charge is 0.408 e. The molecule has 178 valence electrons. The molecule has 0 spiro atoms. The minimum absolute atomic E-state index is 0.391. The van der Waals surface area contributed by atoms with Crippen LogP contribution in [0, 0.1) is 23.7 Å². The number of carbonyl (C=O) groups excluding carboxylic acids is 3. The molecule has 0 fully saturated rings. The number of aliphatic hydroxyl groups is 1. The fourth-order valence-corrected chi connectivity index (χ4v) is 2.93. The third-order valence-corrected chi connectivity index (χ3v) is 4.48. The van der Waals surface area contributed by atoms with E-state index in [1.54, 1.807) is 45.0 Å². The van der Waals surface area contributed by atoms with Crippen LogP contribution in [0.5, 0.6) is 0 Å². The van der Waals surface area contributed by atoms with Crippen LogP contribution in [0.15, 0.2) is 24.3 Å². The second-order valence-corrected chi connectivity index (χ2v) is 8.32. The number of aliphatic hydroxyl groups excluding tert-OH is 1. The summed E-state index contributed by atoms with van der Waals surface area (Å²) in [5.41, 5.74) is 0.197. The zero-order chi connectivity index (χ0) is 25.0. The summed E-state index contributed by atoms with van der Waals surface area (Å²) in [6.45, 7) is 6.13. The topological polar surface area (TPSA) is 132 Å². The summed E-state index contributed by atoms with van der Waals surface area (Å²) in [7, 11) is 0. The van der Waals surface area contributed by atoms with Gasteiger partial charge < -0.3 is 25.4 Å². The van der Waals surface area contributed by atoms with Gasteiger partial charge in [0.1, 0.15) is 24.2 Å². The van der Waals surface area contributed by atoms with Crippen molar-refractivity contribution in [3.63, 3.8) is 0 Å². The molecule has 2 atom stereocenters. The van der Waals surface area contributed by atoms with Crippen molar-refractivity contribution in [1.29, 1.82) is 5.26 Å². The molecule has 3 amide bonds. The number of hydrogen-bond donors (Lipinski definition) is 3. The molecule has 9 nitrogen and oxygen atoms in total. The fraction of sp³-hybridized carbons (Fsp3) is 0.500. The van der Waals surface area contributed by atoms with E-state index >= 15 is 0 Å². The number of hydrogen-bond acceptors (Lipinski definition) is 6. The Labute approximate surface area is 195 Å². The van der Waals surface area contributed by atoms with Crippen LogP contribution in [0.2, 0.25) is 0 Å². The van der Waals surface area contributed by atoms with Crippen molar-refractivity contribution in [3.05, 3.63) is 35.4 Å². The number of nitrogens with zero attached hydrogens (tertiary/aromatic N) is 2. The number of rotatable bonds is 10. The number of alkyl carbamates (subject to hydrolysis) is 1. The van der Waals surface area contributed by atoms with Crippen molar-refractivity contribution >= 4 is 17.9 Å². The first kappa shape index (κ1) is 27.5. The summed E-state index contributed by atoms with van der Waals surface area (Å²) in [5.74, 6) is 1.19. The van der Waals surface area contributed by atoms with E-state index in [2.05, 4.69) is 16.6 Å². The number of terminal acetylenes is 1. The van der Waals surface area contributed by atoms with Gasteiger partial charge >= 0.3 is 6.09 Å². The Kier molecular flexibility index (Phi) is 10.9. The molecule has 0 aliphatic rings. The number of ether oxygens (including phenoxy) is 1. The first-order valence-electron chi connectivity index (χ1n) is 10.7. The summed E-state index contributed by atoms with van der Waals surface area (Å²) >= 11 is 0. The molecule has 0 aliphatic carbocycles. The molecule has 9 heteroatoms. The van der Waals surface area contributed by atoms with Crippen LogP contribution in [-0.2, 0) is 14.3 Å². The van der Waals surface area contributed by atoms with E-state index in [1.165, 1.54) is 0 Å². The molecular weight excluding hydrogens is 424 g/mol. The van der Waals surface area contributed by atoms with Crippen molar-refractivity contribution in [1.82, 2.24) is 15.5 Å². The Morgan fingerprint density at radius 2 is 1.88 bits per heavy atom. The van der Waals surface area contributed by atoms with Gasteiger partial charge in [-0.1, -0.05) is 31.4 Å². The number of benzene rings is 1. The van der Waals surface area contributed by atoms with Gasteiger partial charge in [0.15, 0.2) is 0 Å². The van der Waals surface area contributed by atoms with Gasteiger partial charge in [0.05, 0.1) is 12.7 Å². The number of nitrogens with one attached hydrogen (secondary N) is 2. The third kappa shape index (κ3) is 8.83. The first-order chi connectivity index (χ1) is 15.6. The lowest BCUT2D eigenvalue weighted by Crippen LogP contribution is -2.54. The van der Waals surface area contributed by atoms with Crippen LogP contribution >= 0.6 is 0 Å². The lowest BCUT2D eigenvalue weighted by atomic mass is 10.0. The fourth-order valence-electron chi connectivity index (χ4n) is 2.93. The molecular formula is C24H32N4O5. The van der Waals surface area contributed by atoms with E-state index in [4.69, 9.17) is 11.2 Å². The largest absolute Gasteiger partial charge is 0.444 e. The van der Waals surface area contributed by atoms with Gasteiger partial charge in [-0.3, -0.25) is 9.59 Å². The lowest BCUT2D eigenvalue weighted by molar-refractivity contribution is -0.142. The van der Waals surface area contributed by atoms with Crippen molar-refractivity contribution in [3.8, 4) is 18.4 Å². The molecule has 0 aromatic heterocycles. The zero-order valence-electron chi connectivity index (χ0n) is 19.6. The maximum Gasteiger partial charge on any atom is 0.408 e. The Morgan fingerprint density at radius 1 is 1.24 bits per heavy atom. The second kappa shape index (κ2) is 13.1. The third-order valence-electron chi connectivity index (χ3n) is 4.48. The van der Waals surface area contributed by atoms with E-state index in [0.717, 1.165) is 17.7 Å². The number of carbonyl (C=O) groups is 3. The Balaban J connectivity index is 3.30. The molecule has 0 aliphatic heterocycles. The predicted molar refractivity (Wildman–Crippen MR) is 123 cm³/mol. The first-order valence-corrected chi connectivity index (χ1v) is 10.7. The molecule has 3 N–H and O–H groups in total. The van der Waals surface area contributed by atoms with Crippen molar-refractivity contribution in [2.45, 2.75) is 58.2 Å². The minimum atomic E-state index is -1.41. The van der Waals surface area contributed by atoms with Gasteiger partial charge in [-0.25, -0.2) is 4.79 Å². The van der Waals surface area contributed by atoms with Crippen LogP contribution in [0.1, 0.15) is 57.7 Å². The van der Waals surface area contributed by atoms with Crippen molar-refractivity contribution in [2.24, 2.45) is 0 Å². The van der Waals surface area contributed by atoms with Crippen molar-refractivity contribution in [2.75, 3.05) is 19.7 Å². The molecule has 0 heterocycles. The molecule has 0 saturated carbocycles. The van der Waals surface area contributed by atoms with Crippen LogP contribution in [0.25, 0.3) is 0 Å². The monoisotopic (exact) mass is 456 g/mol. The van der Waals surface area contributed by atoms with E-state index in [1.807, 2.05) is 13.0 Å². The molecule has 1 aromatic carbocycles. The number of nitriles is 1. The van der Waals surface area contributed by atoms with Crippen LogP contribution in [0.3, 0.4) is 0 Å². The molecule has 1 rings (SSSR count). The minimum Gasteiger partial charge on any atom is -0.444 e. The SMILES string of the molecule is C#Cc1ccc(C(C(=O)NCCCC)N(CC#N)C(=O)C(CO)NC(=O)OC(C)(C)C)cc1. The van der Waals surface area contributed by atoms with E-state index in [9.17, 15) is 24.8 Å². The average Bonchev–Trinajstić information content (AvgIpc) is 2.76. The maximum absolute atomic E-state index is 13.3. The zero-order valence-corrected chi connectivity index (χ0v) is 19.6. The van der Waals surface area contributed by atoms with Gasteiger partial charge in [0, 0.05) is 12.1 Å². The van der Waals surface area contributed by atoms with Gasteiger partial charge in [-0.15, -0.1) is 6.42 Å². The summed E-state index contributed by atoms with van der Waals surface area (Å²) in [4.78, 5) is 39.5. The van der Waals surface area contributed by atoms with Crippen LogP contribution < -0.4 is 10.6 Å².